The predicted octanol–water partition coefficient (Wildman–Crippen LogP) is -0.376. The summed E-state index contributed by atoms with van der Waals surface area (Å²) in [6.07, 6.45) is 0. The van der Waals surface area contributed by atoms with Crippen molar-refractivity contribution in [1.29, 1.82) is 0 Å². The Kier molecular flexibility index (Phi) is 2.47. The fourth-order valence-corrected chi connectivity index (χ4v) is 1.73. The van der Waals surface area contributed by atoms with Crippen LogP contribution in [-0.2, 0) is 4.43 Å². The Hall–Kier alpha value is -0.803. The molecule has 0 amide bonds. The van der Waals surface area contributed by atoms with Crippen molar-refractivity contribution in [2.75, 3.05) is 12.8 Å². The second-order valence-electron chi connectivity index (χ2n) is 2.18. The van der Waals surface area contributed by atoms with Crippen molar-refractivity contribution < 1.29 is 4.43 Å². The highest BCUT2D eigenvalue weighted by Gasteiger charge is 1.91. The Morgan fingerprint density at radius 3 is 2.90 bits per heavy atom. The Balaban J connectivity index is 2.75. The minimum Gasteiger partial charge on any atom is -0.422 e. The zero-order chi connectivity index (χ0) is 7.40. The molecule has 2 nitrogen and oxygen atoms in total. The first-order valence-corrected chi connectivity index (χ1v) is 4.44. The summed E-state index contributed by atoms with van der Waals surface area (Å²) >= 11 is 0. The summed E-state index contributed by atoms with van der Waals surface area (Å²) in [4.78, 5) is 0. The van der Waals surface area contributed by atoms with Crippen LogP contribution >= 0.6 is 0 Å². The van der Waals surface area contributed by atoms with Crippen molar-refractivity contribution in [1.82, 2.24) is 0 Å². The Labute approximate surface area is 62.9 Å². The van der Waals surface area contributed by atoms with Crippen molar-refractivity contribution in [3.63, 3.8) is 0 Å². The topological polar surface area (TPSA) is 35.2 Å². The molecular formula is C7H11NOSi. The van der Waals surface area contributed by atoms with E-state index in [1.807, 2.05) is 24.3 Å². The third-order valence-corrected chi connectivity index (χ3v) is 2.32. The Morgan fingerprint density at radius 1 is 1.50 bits per heavy atom. The number of nitrogens with two attached hydrogens (primary N) is 1. The van der Waals surface area contributed by atoms with Gasteiger partial charge >= 0.3 is 0 Å². The van der Waals surface area contributed by atoms with Crippen molar-refractivity contribution >= 4 is 20.6 Å². The molecule has 0 spiro atoms. The molecule has 0 saturated heterocycles. The van der Waals surface area contributed by atoms with Crippen LogP contribution in [0.15, 0.2) is 24.3 Å². The van der Waals surface area contributed by atoms with E-state index < -0.39 is 9.76 Å². The third-order valence-electron chi connectivity index (χ3n) is 1.26. The largest absolute Gasteiger partial charge is 0.422 e. The Bertz CT molecular complexity index is 215. The molecule has 3 heteroatoms. The molecule has 0 unspecified atom stereocenters. The summed E-state index contributed by atoms with van der Waals surface area (Å²) in [7, 11) is 1.23. The van der Waals surface area contributed by atoms with E-state index in [1.165, 1.54) is 5.19 Å². The molecule has 0 aliphatic carbocycles. The highest BCUT2D eigenvalue weighted by Crippen LogP contribution is 1.95. The molecule has 0 heterocycles. The van der Waals surface area contributed by atoms with Crippen LogP contribution in [0.4, 0.5) is 5.69 Å². The number of hydrogen-bond donors (Lipinski definition) is 1. The molecule has 0 aliphatic rings. The van der Waals surface area contributed by atoms with Gasteiger partial charge in [-0.25, -0.2) is 0 Å². The van der Waals surface area contributed by atoms with Crippen molar-refractivity contribution in [2.24, 2.45) is 0 Å². The quantitative estimate of drug-likeness (QED) is 0.464. The number of anilines is 1. The first-order chi connectivity index (χ1) is 4.83. The summed E-state index contributed by atoms with van der Waals surface area (Å²) in [6, 6.07) is 7.85. The van der Waals surface area contributed by atoms with Crippen molar-refractivity contribution in [3.8, 4) is 0 Å². The molecule has 0 saturated carbocycles. The molecule has 0 fully saturated rings. The van der Waals surface area contributed by atoms with Gasteiger partial charge in [-0.1, -0.05) is 12.1 Å². The van der Waals surface area contributed by atoms with E-state index >= 15 is 0 Å². The SMILES string of the molecule is CO[SiH2]c1cccc(N)c1. The van der Waals surface area contributed by atoms with Crippen LogP contribution < -0.4 is 10.9 Å². The molecule has 0 atom stereocenters. The van der Waals surface area contributed by atoms with E-state index in [1.54, 1.807) is 7.11 Å². The van der Waals surface area contributed by atoms with Gasteiger partial charge < -0.3 is 10.2 Å². The van der Waals surface area contributed by atoms with Crippen molar-refractivity contribution in [2.45, 2.75) is 0 Å². The molecule has 54 valence electrons. The third kappa shape index (κ3) is 1.86. The molecule has 2 N–H and O–H groups in total. The van der Waals surface area contributed by atoms with E-state index in [9.17, 15) is 0 Å². The summed E-state index contributed by atoms with van der Waals surface area (Å²) in [5.74, 6) is 0. The van der Waals surface area contributed by atoms with Gasteiger partial charge in [0.15, 0.2) is 9.76 Å². The zero-order valence-electron chi connectivity index (χ0n) is 6.00. The maximum absolute atomic E-state index is 5.56. The van der Waals surface area contributed by atoms with Gasteiger partial charge in [0.25, 0.3) is 0 Å². The van der Waals surface area contributed by atoms with Gasteiger partial charge in [-0.15, -0.1) is 0 Å². The maximum Gasteiger partial charge on any atom is 0.191 e. The van der Waals surface area contributed by atoms with Crippen LogP contribution in [0.1, 0.15) is 0 Å². The summed E-state index contributed by atoms with van der Waals surface area (Å²) in [6.45, 7) is 0. The number of benzene rings is 1. The van der Waals surface area contributed by atoms with Crippen LogP contribution in [0, 0.1) is 0 Å². The van der Waals surface area contributed by atoms with Gasteiger partial charge in [0, 0.05) is 12.8 Å². The minimum atomic E-state index is -0.502. The first kappa shape index (κ1) is 7.31. The number of nitrogen functional groups attached to an aromatic ring is 1. The molecule has 0 radical (unpaired) electrons. The maximum atomic E-state index is 5.56. The first-order valence-electron chi connectivity index (χ1n) is 3.16. The van der Waals surface area contributed by atoms with E-state index in [4.69, 9.17) is 10.2 Å². The molecule has 1 aromatic rings. The van der Waals surface area contributed by atoms with Crippen molar-refractivity contribution in [3.05, 3.63) is 24.3 Å². The molecule has 0 aliphatic heterocycles. The van der Waals surface area contributed by atoms with E-state index in [-0.39, 0.29) is 0 Å². The summed E-state index contributed by atoms with van der Waals surface area (Å²) in [5.41, 5.74) is 6.38. The monoisotopic (exact) mass is 153 g/mol. The fraction of sp³-hybridized carbons (Fsp3) is 0.143. The number of hydrogen-bond acceptors (Lipinski definition) is 2. The van der Waals surface area contributed by atoms with Crippen LogP contribution in [0.2, 0.25) is 0 Å². The molecule has 1 rings (SSSR count). The predicted molar refractivity (Wildman–Crippen MR) is 46.0 cm³/mol. The van der Waals surface area contributed by atoms with Gasteiger partial charge in [-0.3, -0.25) is 0 Å². The summed E-state index contributed by atoms with van der Waals surface area (Å²) < 4.78 is 5.07. The Morgan fingerprint density at radius 2 is 2.30 bits per heavy atom. The lowest BCUT2D eigenvalue weighted by atomic mass is 10.3. The second-order valence-corrected chi connectivity index (χ2v) is 3.86. The summed E-state index contributed by atoms with van der Waals surface area (Å²) in [5, 5.41) is 1.25. The standard InChI is InChI=1S/C7H11NOSi/c1-9-10-7-4-2-3-6(8)5-7/h2-5H,8,10H2,1H3. The van der Waals surface area contributed by atoms with Gasteiger partial charge in [0.1, 0.15) is 0 Å². The fourth-order valence-electron chi connectivity index (χ4n) is 0.850. The van der Waals surface area contributed by atoms with Crippen LogP contribution in [0.25, 0.3) is 0 Å². The van der Waals surface area contributed by atoms with Gasteiger partial charge in [-0.05, 0) is 17.3 Å². The lowest BCUT2D eigenvalue weighted by Crippen LogP contribution is -2.15. The number of rotatable bonds is 2. The second kappa shape index (κ2) is 3.39. The van der Waals surface area contributed by atoms with Gasteiger partial charge in [-0.2, -0.15) is 0 Å². The van der Waals surface area contributed by atoms with Crippen LogP contribution in [0.5, 0.6) is 0 Å². The lowest BCUT2D eigenvalue weighted by molar-refractivity contribution is 0.450. The zero-order valence-corrected chi connectivity index (χ0v) is 7.42. The molecule has 0 aromatic heterocycles. The van der Waals surface area contributed by atoms with Crippen LogP contribution in [0.3, 0.4) is 0 Å². The smallest absolute Gasteiger partial charge is 0.191 e. The normalized spacial score (nSPS) is 10.9. The molecule has 1 aromatic carbocycles. The van der Waals surface area contributed by atoms with Crippen LogP contribution in [-0.4, -0.2) is 16.9 Å². The van der Waals surface area contributed by atoms with E-state index in [2.05, 4.69) is 0 Å². The minimum absolute atomic E-state index is 0.502. The lowest BCUT2D eigenvalue weighted by Gasteiger charge is -1.98. The van der Waals surface area contributed by atoms with E-state index in [0.717, 1.165) is 5.69 Å². The highest BCUT2D eigenvalue weighted by atomic mass is 28.2. The average Bonchev–Trinajstić information content (AvgIpc) is 1.88. The highest BCUT2D eigenvalue weighted by molar-refractivity contribution is 6.47. The van der Waals surface area contributed by atoms with Gasteiger partial charge in [0.05, 0.1) is 0 Å². The molecule has 10 heavy (non-hydrogen) atoms. The molecule has 0 bridgehead atoms. The van der Waals surface area contributed by atoms with E-state index in [0.29, 0.717) is 0 Å². The average molecular weight is 153 g/mol. The molecular weight excluding hydrogens is 142 g/mol. The van der Waals surface area contributed by atoms with Gasteiger partial charge in [0.2, 0.25) is 0 Å².